The molecule has 192 valence electrons. The second-order valence-corrected chi connectivity index (χ2v) is 11.1. The fraction of sp³-hybridized carbons (Fsp3) is 0.438. The summed E-state index contributed by atoms with van der Waals surface area (Å²) >= 11 is 0. The second kappa shape index (κ2) is 11.7. The molecule has 0 spiro atoms. The summed E-state index contributed by atoms with van der Waals surface area (Å²) in [7, 11) is 0. The zero-order valence-electron chi connectivity index (χ0n) is 21.9. The van der Waals surface area contributed by atoms with E-state index in [-0.39, 0.29) is 11.5 Å². The van der Waals surface area contributed by atoms with E-state index in [4.69, 9.17) is 4.74 Å². The van der Waals surface area contributed by atoms with Gasteiger partial charge < -0.3 is 19.8 Å². The lowest BCUT2D eigenvalue weighted by Crippen LogP contribution is -2.42. The second-order valence-electron chi connectivity index (χ2n) is 11.1. The Bertz CT molecular complexity index is 1010. The highest BCUT2D eigenvalue weighted by Gasteiger charge is 2.36. The van der Waals surface area contributed by atoms with Gasteiger partial charge in [-0.1, -0.05) is 106 Å². The zero-order valence-corrected chi connectivity index (χ0v) is 21.9. The maximum absolute atomic E-state index is 11.7. The molecule has 1 unspecified atom stereocenters. The summed E-state index contributed by atoms with van der Waals surface area (Å²) in [6.07, 6.45) is 3.02. The molecule has 36 heavy (non-hydrogen) atoms. The van der Waals surface area contributed by atoms with Crippen molar-refractivity contribution in [2.24, 2.45) is 0 Å². The predicted molar refractivity (Wildman–Crippen MR) is 146 cm³/mol. The molecule has 1 atom stereocenters. The Hall–Kier alpha value is -2.50. The van der Waals surface area contributed by atoms with Gasteiger partial charge in [0, 0.05) is 24.2 Å². The van der Waals surface area contributed by atoms with Gasteiger partial charge in [0.05, 0.1) is 12.2 Å². The molecule has 2 N–H and O–H groups in total. The van der Waals surface area contributed by atoms with Crippen molar-refractivity contribution in [2.75, 3.05) is 19.6 Å². The first-order valence-electron chi connectivity index (χ1n) is 13.3. The zero-order chi connectivity index (χ0) is 25.6. The van der Waals surface area contributed by atoms with E-state index in [1.165, 1.54) is 5.56 Å². The van der Waals surface area contributed by atoms with Gasteiger partial charge in [0.2, 0.25) is 5.79 Å². The number of ether oxygens (including phenoxy) is 1. The number of likely N-dealkylation sites (tertiary alicyclic amines) is 1. The summed E-state index contributed by atoms with van der Waals surface area (Å²) < 4.78 is 6.42. The van der Waals surface area contributed by atoms with Gasteiger partial charge in [-0.15, -0.1) is 0 Å². The summed E-state index contributed by atoms with van der Waals surface area (Å²) in [5.74, 6) is -1.46. The maximum atomic E-state index is 11.7. The van der Waals surface area contributed by atoms with Crippen LogP contribution in [0.2, 0.25) is 0 Å². The van der Waals surface area contributed by atoms with Crippen molar-refractivity contribution in [1.29, 1.82) is 0 Å². The molecule has 1 aliphatic rings. The van der Waals surface area contributed by atoms with Crippen LogP contribution in [0.15, 0.2) is 84.9 Å². The highest BCUT2D eigenvalue weighted by molar-refractivity contribution is 5.33. The van der Waals surface area contributed by atoms with Crippen LogP contribution in [0.25, 0.3) is 0 Å². The molecule has 4 nitrogen and oxygen atoms in total. The van der Waals surface area contributed by atoms with Crippen molar-refractivity contribution >= 4 is 0 Å². The summed E-state index contributed by atoms with van der Waals surface area (Å²) in [6, 6.07) is 27.7. The minimum atomic E-state index is -1.46. The number of rotatable bonds is 9. The van der Waals surface area contributed by atoms with Gasteiger partial charge in [-0.25, -0.2) is 0 Å². The molecule has 1 fully saturated rings. The van der Waals surface area contributed by atoms with E-state index < -0.39 is 11.9 Å². The molecular formula is C32H41NO3. The van der Waals surface area contributed by atoms with Crippen molar-refractivity contribution in [1.82, 2.24) is 4.90 Å². The minimum Gasteiger partial charge on any atom is -0.388 e. The first-order valence-corrected chi connectivity index (χ1v) is 13.3. The van der Waals surface area contributed by atoms with Gasteiger partial charge >= 0.3 is 0 Å². The minimum absolute atomic E-state index is 0.0152. The molecule has 0 amide bonds. The predicted octanol–water partition coefficient (Wildman–Crippen LogP) is 6.17. The van der Waals surface area contributed by atoms with Crippen molar-refractivity contribution < 1.29 is 14.9 Å². The van der Waals surface area contributed by atoms with Crippen LogP contribution in [0.1, 0.15) is 74.8 Å². The van der Waals surface area contributed by atoms with E-state index >= 15 is 0 Å². The third-order valence-electron chi connectivity index (χ3n) is 7.32. The smallest absolute Gasteiger partial charge is 0.220 e. The standard InChI is InChI=1S/C32H41NO3/c1-31(2,3)26-18-16-25(17-19-26)30(34)15-10-22-33-23-20-29(21-24-33)36-32(35,27-11-6-4-7-12-27)28-13-8-5-9-14-28/h4-9,11-14,16-19,29-30,34-35H,10,15,20-24H2,1-3H3. The number of piperidine rings is 1. The molecule has 0 aromatic heterocycles. The monoisotopic (exact) mass is 487 g/mol. The molecule has 1 aliphatic heterocycles. The highest BCUT2D eigenvalue weighted by Crippen LogP contribution is 2.34. The largest absolute Gasteiger partial charge is 0.388 e. The van der Waals surface area contributed by atoms with Gasteiger partial charge in [-0.2, -0.15) is 0 Å². The molecule has 0 bridgehead atoms. The van der Waals surface area contributed by atoms with Crippen LogP contribution in [0, 0.1) is 0 Å². The number of hydrogen-bond donors (Lipinski definition) is 2. The Morgan fingerprint density at radius 2 is 1.33 bits per heavy atom. The third-order valence-corrected chi connectivity index (χ3v) is 7.32. The van der Waals surface area contributed by atoms with Crippen LogP contribution in [0.3, 0.4) is 0 Å². The number of aliphatic hydroxyl groups excluding tert-OH is 1. The van der Waals surface area contributed by atoms with Crippen molar-refractivity contribution in [3.63, 3.8) is 0 Å². The number of hydrogen-bond acceptors (Lipinski definition) is 4. The summed E-state index contributed by atoms with van der Waals surface area (Å²) in [6.45, 7) is 9.44. The van der Waals surface area contributed by atoms with Gasteiger partial charge in [-0.3, -0.25) is 0 Å². The fourth-order valence-electron chi connectivity index (χ4n) is 5.00. The molecule has 4 rings (SSSR count). The van der Waals surface area contributed by atoms with Crippen LogP contribution in [0.5, 0.6) is 0 Å². The van der Waals surface area contributed by atoms with E-state index in [1.54, 1.807) is 0 Å². The maximum Gasteiger partial charge on any atom is 0.220 e. The average molecular weight is 488 g/mol. The van der Waals surface area contributed by atoms with E-state index in [9.17, 15) is 10.2 Å². The van der Waals surface area contributed by atoms with Crippen molar-refractivity contribution in [2.45, 2.75) is 69.9 Å². The van der Waals surface area contributed by atoms with Crippen LogP contribution >= 0.6 is 0 Å². The normalized spacial score (nSPS) is 16.7. The number of benzene rings is 3. The fourth-order valence-corrected chi connectivity index (χ4v) is 5.00. The highest BCUT2D eigenvalue weighted by atomic mass is 16.6. The van der Waals surface area contributed by atoms with E-state index in [2.05, 4.69) is 49.9 Å². The molecule has 3 aromatic rings. The lowest BCUT2D eigenvalue weighted by atomic mass is 9.86. The average Bonchev–Trinajstić information content (AvgIpc) is 2.90. The molecule has 4 heteroatoms. The van der Waals surface area contributed by atoms with Crippen LogP contribution in [-0.2, 0) is 15.9 Å². The van der Waals surface area contributed by atoms with E-state index in [0.29, 0.717) is 0 Å². The molecule has 0 aliphatic carbocycles. The molecule has 3 aromatic carbocycles. The topological polar surface area (TPSA) is 52.9 Å². The Kier molecular flexibility index (Phi) is 8.63. The van der Waals surface area contributed by atoms with Crippen molar-refractivity contribution in [3.8, 4) is 0 Å². The Balaban J connectivity index is 1.27. The number of nitrogens with zero attached hydrogens (tertiary/aromatic N) is 1. The van der Waals surface area contributed by atoms with Crippen molar-refractivity contribution in [3.05, 3.63) is 107 Å². The first-order chi connectivity index (χ1) is 17.3. The third kappa shape index (κ3) is 6.63. The Morgan fingerprint density at radius 3 is 1.83 bits per heavy atom. The van der Waals surface area contributed by atoms with Gasteiger partial charge in [0.15, 0.2) is 0 Å². The Morgan fingerprint density at radius 1 is 0.806 bits per heavy atom. The lowest BCUT2D eigenvalue weighted by molar-refractivity contribution is -0.218. The number of aliphatic hydroxyl groups is 2. The first kappa shape index (κ1) is 26.6. The summed E-state index contributed by atoms with van der Waals surface area (Å²) in [5, 5.41) is 22.3. The van der Waals surface area contributed by atoms with Crippen LogP contribution in [-0.4, -0.2) is 40.9 Å². The molecule has 0 radical (unpaired) electrons. The quantitative estimate of drug-likeness (QED) is 0.354. The summed E-state index contributed by atoms with van der Waals surface area (Å²) in [5.41, 5.74) is 3.91. The van der Waals surface area contributed by atoms with Crippen LogP contribution in [0.4, 0.5) is 0 Å². The molecule has 1 heterocycles. The SMILES string of the molecule is CC(C)(C)c1ccc(C(O)CCCN2CCC(OC(O)(c3ccccc3)c3ccccc3)CC2)cc1. The van der Waals surface area contributed by atoms with Gasteiger partial charge in [0.1, 0.15) is 0 Å². The molecule has 1 saturated heterocycles. The molecular weight excluding hydrogens is 446 g/mol. The lowest BCUT2D eigenvalue weighted by Gasteiger charge is -2.38. The van der Waals surface area contributed by atoms with Crippen LogP contribution < -0.4 is 0 Å². The molecule has 0 saturated carbocycles. The van der Waals surface area contributed by atoms with Gasteiger partial charge in [-0.05, 0) is 48.8 Å². The Labute approximate surface area is 216 Å². The van der Waals surface area contributed by atoms with E-state index in [0.717, 1.165) is 62.0 Å². The van der Waals surface area contributed by atoms with Gasteiger partial charge in [0.25, 0.3) is 0 Å². The van der Waals surface area contributed by atoms with E-state index in [1.807, 2.05) is 60.7 Å². The summed E-state index contributed by atoms with van der Waals surface area (Å²) in [4.78, 5) is 2.44.